The number of rotatable bonds is 6. The van der Waals surface area contributed by atoms with E-state index < -0.39 is 5.69 Å². The molecule has 0 radical (unpaired) electrons. The zero-order valence-corrected chi connectivity index (χ0v) is 12.8. The smallest absolute Gasteiger partial charge is 0.294 e. The Kier molecular flexibility index (Phi) is 4.77. The monoisotopic (exact) mass is 290 g/mol. The molecule has 0 saturated carbocycles. The second-order valence-electron chi connectivity index (χ2n) is 5.15. The van der Waals surface area contributed by atoms with E-state index in [1.807, 2.05) is 23.9 Å². The number of H-pyrrole nitrogens is 1. The highest BCUT2D eigenvalue weighted by Crippen LogP contribution is 2.14. The Labute approximate surface area is 123 Å². The minimum atomic E-state index is -0.394. The summed E-state index contributed by atoms with van der Waals surface area (Å²) in [5, 5.41) is 4.53. The van der Waals surface area contributed by atoms with Gasteiger partial charge >= 0.3 is 5.69 Å². The van der Waals surface area contributed by atoms with Crippen molar-refractivity contribution in [2.24, 2.45) is 0 Å². The van der Waals surface area contributed by atoms with Crippen LogP contribution in [0.15, 0.2) is 28.0 Å². The second kappa shape index (κ2) is 6.56. The molecule has 0 bridgehead atoms. The molecular weight excluding hydrogens is 268 g/mol. The van der Waals surface area contributed by atoms with Gasteiger partial charge in [0.2, 0.25) is 0 Å². The van der Waals surface area contributed by atoms with E-state index in [1.165, 1.54) is 4.57 Å². The Hall–Kier alpha value is -2.11. The molecule has 2 aromatic rings. The van der Waals surface area contributed by atoms with Crippen LogP contribution in [0.2, 0.25) is 0 Å². The third-order valence-electron chi connectivity index (χ3n) is 3.78. The van der Waals surface area contributed by atoms with Crippen molar-refractivity contribution in [3.05, 3.63) is 50.6 Å². The molecule has 1 N–H and O–H groups in total. The highest BCUT2D eigenvalue weighted by molar-refractivity contribution is 5.07. The highest BCUT2D eigenvalue weighted by Gasteiger charge is 2.09. The zero-order chi connectivity index (χ0) is 15.4. The van der Waals surface area contributed by atoms with Gasteiger partial charge in [-0.2, -0.15) is 5.10 Å². The first-order valence-corrected chi connectivity index (χ1v) is 7.45. The SMILES string of the molecule is CCc1cn(Cc2ccn(C(CC)CC)n2)c(=O)[nH]c1=O. The van der Waals surface area contributed by atoms with Crippen molar-refractivity contribution < 1.29 is 0 Å². The summed E-state index contributed by atoms with van der Waals surface area (Å²) < 4.78 is 3.45. The molecule has 0 aliphatic heterocycles. The molecule has 0 aliphatic carbocycles. The molecule has 0 amide bonds. The minimum Gasteiger partial charge on any atom is -0.294 e. The number of nitrogens with zero attached hydrogens (tertiary/aromatic N) is 3. The van der Waals surface area contributed by atoms with E-state index in [-0.39, 0.29) is 5.56 Å². The standard InChI is InChI=1S/C15H22N4O2/c1-4-11-9-18(15(21)16-14(11)20)10-12-7-8-19(17-12)13(5-2)6-3/h7-9,13H,4-6,10H2,1-3H3,(H,16,20,21). The second-order valence-corrected chi connectivity index (χ2v) is 5.15. The van der Waals surface area contributed by atoms with Gasteiger partial charge in [0.15, 0.2) is 0 Å². The van der Waals surface area contributed by atoms with Gasteiger partial charge in [-0.05, 0) is 25.3 Å². The summed E-state index contributed by atoms with van der Waals surface area (Å²) in [6, 6.07) is 2.30. The largest absolute Gasteiger partial charge is 0.328 e. The molecule has 0 aliphatic rings. The predicted octanol–water partition coefficient (Wildman–Crippen LogP) is 1.70. The number of hydrogen-bond acceptors (Lipinski definition) is 3. The molecule has 0 spiro atoms. The minimum absolute atomic E-state index is 0.304. The maximum atomic E-state index is 11.8. The van der Waals surface area contributed by atoms with E-state index in [2.05, 4.69) is 23.9 Å². The lowest BCUT2D eigenvalue weighted by Gasteiger charge is -2.12. The molecule has 2 aromatic heterocycles. The van der Waals surface area contributed by atoms with Gasteiger partial charge in [-0.15, -0.1) is 0 Å². The van der Waals surface area contributed by atoms with Gasteiger partial charge in [-0.1, -0.05) is 20.8 Å². The van der Waals surface area contributed by atoms with Crippen LogP contribution < -0.4 is 11.2 Å². The van der Waals surface area contributed by atoms with Crippen LogP contribution in [0.3, 0.4) is 0 Å². The van der Waals surface area contributed by atoms with Gasteiger partial charge in [0.05, 0.1) is 18.3 Å². The van der Waals surface area contributed by atoms with Crippen LogP contribution in [-0.4, -0.2) is 19.3 Å². The van der Waals surface area contributed by atoms with Crippen LogP contribution in [-0.2, 0) is 13.0 Å². The fourth-order valence-electron chi connectivity index (χ4n) is 2.43. The lowest BCUT2D eigenvalue weighted by Crippen LogP contribution is -2.32. The lowest BCUT2D eigenvalue weighted by atomic mass is 10.2. The summed E-state index contributed by atoms with van der Waals surface area (Å²) in [4.78, 5) is 25.7. The average Bonchev–Trinajstić information content (AvgIpc) is 2.92. The Bertz CT molecular complexity index is 707. The van der Waals surface area contributed by atoms with Gasteiger partial charge in [0, 0.05) is 18.0 Å². The van der Waals surface area contributed by atoms with E-state index in [1.54, 1.807) is 6.20 Å². The molecule has 21 heavy (non-hydrogen) atoms. The van der Waals surface area contributed by atoms with Crippen LogP contribution in [0.25, 0.3) is 0 Å². The number of hydrogen-bond donors (Lipinski definition) is 1. The molecular formula is C15H22N4O2. The van der Waals surface area contributed by atoms with Crippen molar-refractivity contribution in [2.75, 3.05) is 0 Å². The van der Waals surface area contributed by atoms with Crippen molar-refractivity contribution in [1.29, 1.82) is 0 Å². The molecule has 6 heteroatoms. The molecule has 6 nitrogen and oxygen atoms in total. The van der Waals surface area contributed by atoms with Crippen molar-refractivity contribution >= 4 is 0 Å². The van der Waals surface area contributed by atoms with Crippen molar-refractivity contribution in [1.82, 2.24) is 19.3 Å². The van der Waals surface area contributed by atoms with E-state index in [0.717, 1.165) is 18.5 Å². The first-order chi connectivity index (χ1) is 10.1. The maximum Gasteiger partial charge on any atom is 0.328 e. The number of nitrogens with one attached hydrogen (secondary N) is 1. The normalized spacial score (nSPS) is 11.2. The lowest BCUT2D eigenvalue weighted by molar-refractivity contribution is 0.424. The fourth-order valence-corrected chi connectivity index (χ4v) is 2.43. The molecule has 0 unspecified atom stereocenters. The summed E-state index contributed by atoms with van der Waals surface area (Å²) in [6.07, 6.45) is 6.21. The molecule has 0 fully saturated rings. The Balaban J connectivity index is 2.27. The third kappa shape index (κ3) is 3.32. The molecule has 2 heterocycles. The Morgan fingerprint density at radius 1 is 1.24 bits per heavy atom. The summed E-state index contributed by atoms with van der Waals surface area (Å²) >= 11 is 0. The van der Waals surface area contributed by atoms with Crippen LogP contribution in [0.5, 0.6) is 0 Å². The number of aromatic nitrogens is 4. The maximum absolute atomic E-state index is 11.8. The van der Waals surface area contributed by atoms with Crippen LogP contribution >= 0.6 is 0 Å². The molecule has 0 atom stereocenters. The first-order valence-electron chi connectivity index (χ1n) is 7.45. The molecule has 0 saturated heterocycles. The molecule has 0 aromatic carbocycles. The van der Waals surface area contributed by atoms with Gasteiger partial charge < -0.3 is 0 Å². The van der Waals surface area contributed by atoms with Crippen molar-refractivity contribution in [3.63, 3.8) is 0 Å². The van der Waals surface area contributed by atoms with E-state index in [9.17, 15) is 9.59 Å². The van der Waals surface area contributed by atoms with Crippen molar-refractivity contribution in [2.45, 2.75) is 52.6 Å². The zero-order valence-electron chi connectivity index (χ0n) is 12.8. The topological polar surface area (TPSA) is 72.7 Å². The average molecular weight is 290 g/mol. The van der Waals surface area contributed by atoms with Gasteiger partial charge in [-0.25, -0.2) is 4.79 Å². The van der Waals surface area contributed by atoms with Crippen LogP contribution in [0.4, 0.5) is 0 Å². The predicted molar refractivity (Wildman–Crippen MR) is 81.6 cm³/mol. The summed E-state index contributed by atoms with van der Waals surface area (Å²) in [6.45, 7) is 6.53. The van der Waals surface area contributed by atoms with Gasteiger partial charge in [0.1, 0.15) is 0 Å². The first kappa shape index (κ1) is 15.3. The Morgan fingerprint density at radius 2 is 1.95 bits per heavy atom. The van der Waals surface area contributed by atoms with Crippen molar-refractivity contribution in [3.8, 4) is 0 Å². The van der Waals surface area contributed by atoms with E-state index >= 15 is 0 Å². The van der Waals surface area contributed by atoms with Gasteiger partial charge in [-0.3, -0.25) is 19.0 Å². The summed E-state index contributed by atoms with van der Waals surface area (Å²) in [5.74, 6) is 0. The Morgan fingerprint density at radius 3 is 2.57 bits per heavy atom. The summed E-state index contributed by atoms with van der Waals surface area (Å²) in [7, 11) is 0. The fraction of sp³-hybridized carbons (Fsp3) is 0.533. The van der Waals surface area contributed by atoms with Crippen LogP contribution in [0.1, 0.15) is 50.9 Å². The number of aromatic amines is 1. The van der Waals surface area contributed by atoms with Crippen LogP contribution in [0, 0.1) is 0 Å². The quantitative estimate of drug-likeness (QED) is 0.880. The van der Waals surface area contributed by atoms with E-state index in [4.69, 9.17) is 0 Å². The molecule has 2 rings (SSSR count). The summed E-state index contributed by atoms with van der Waals surface area (Å²) in [5.41, 5.74) is 0.725. The van der Waals surface area contributed by atoms with Gasteiger partial charge in [0.25, 0.3) is 5.56 Å². The number of aryl methyl sites for hydroxylation is 1. The molecule has 114 valence electrons. The highest BCUT2D eigenvalue weighted by atomic mass is 16.2. The third-order valence-corrected chi connectivity index (χ3v) is 3.78. The van der Waals surface area contributed by atoms with E-state index in [0.29, 0.717) is 24.6 Å².